The van der Waals surface area contributed by atoms with Gasteiger partial charge in [0.15, 0.2) is 0 Å². The third-order valence-electron chi connectivity index (χ3n) is 5.37. The van der Waals surface area contributed by atoms with Crippen LogP contribution in [0.4, 0.5) is 11.5 Å². The summed E-state index contributed by atoms with van der Waals surface area (Å²) < 4.78 is 0. The number of pyridine rings is 1. The Morgan fingerprint density at radius 1 is 1.08 bits per heavy atom. The van der Waals surface area contributed by atoms with Crippen molar-refractivity contribution in [2.24, 2.45) is 11.6 Å². The molecule has 1 aromatic carbocycles. The second-order valence-corrected chi connectivity index (χ2v) is 7.74. The summed E-state index contributed by atoms with van der Waals surface area (Å²) in [5.41, 5.74) is 10.2. The van der Waals surface area contributed by atoms with Crippen molar-refractivity contribution in [3.8, 4) is 0 Å². The maximum absolute atomic E-state index is 12.4. The zero-order chi connectivity index (χ0) is 29.1. The number of aromatic nitrogens is 1. The first-order chi connectivity index (χ1) is 18.3. The number of benzene rings is 1. The number of rotatable bonds is 12. The number of nitrogens with two attached hydrogens (primary N) is 2. The van der Waals surface area contributed by atoms with Gasteiger partial charge in [0.1, 0.15) is 5.82 Å². The Hall–Kier alpha value is -3.88. The minimum atomic E-state index is -0.115. The van der Waals surface area contributed by atoms with E-state index in [9.17, 15) is 4.79 Å². The number of allylic oxidation sites excluding steroid dienone is 1. The molecule has 0 saturated heterocycles. The summed E-state index contributed by atoms with van der Waals surface area (Å²) in [5.74, 6) is 6.77. The summed E-state index contributed by atoms with van der Waals surface area (Å²) in [7, 11) is 1.78. The third-order valence-corrected chi connectivity index (χ3v) is 5.37. The summed E-state index contributed by atoms with van der Waals surface area (Å²) in [5, 5.41) is 7.38. The molecule has 2 aromatic rings. The average molecular weight is 522 g/mol. The molecule has 0 atom stereocenters. The van der Waals surface area contributed by atoms with E-state index in [1.807, 2.05) is 26.8 Å². The number of nitrogens with one attached hydrogen (secondary N) is 2. The van der Waals surface area contributed by atoms with Crippen LogP contribution in [0, 0.1) is 0 Å². The minimum Gasteiger partial charge on any atom is -0.397 e. The molecule has 0 fully saturated rings. The Morgan fingerprint density at radius 3 is 2.13 bits per heavy atom. The molecule has 6 N–H and O–H groups in total. The number of hydrogen-bond donors (Lipinski definition) is 4. The molecule has 1 amide bonds. The molecule has 1 heterocycles. The van der Waals surface area contributed by atoms with Crippen LogP contribution in [0.1, 0.15) is 61.8 Å². The highest BCUT2D eigenvalue weighted by Crippen LogP contribution is 2.25. The molecular formula is C30H47N7O. The van der Waals surface area contributed by atoms with Crippen LogP contribution in [-0.4, -0.2) is 49.0 Å². The number of likely N-dealkylation sites (N-methyl/N-ethyl adjacent to an activating group) is 1. The fourth-order valence-electron chi connectivity index (χ4n) is 3.36. The molecular weight excluding hydrogens is 474 g/mol. The highest BCUT2D eigenvalue weighted by Gasteiger charge is 2.12. The van der Waals surface area contributed by atoms with Crippen LogP contribution in [-0.2, 0) is 0 Å². The van der Waals surface area contributed by atoms with Gasteiger partial charge in [0.05, 0.1) is 17.1 Å². The lowest BCUT2D eigenvalue weighted by Gasteiger charge is -2.18. The van der Waals surface area contributed by atoms with E-state index >= 15 is 0 Å². The Balaban J connectivity index is 0.00000255. The van der Waals surface area contributed by atoms with Gasteiger partial charge in [-0.2, -0.15) is 0 Å². The Labute approximate surface area is 229 Å². The molecule has 38 heavy (non-hydrogen) atoms. The first kappa shape index (κ1) is 34.1. The van der Waals surface area contributed by atoms with Gasteiger partial charge in [0.25, 0.3) is 5.91 Å². The van der Waals surface area contributed by atoms with Crippen LogP contribution >= 0.6 is 0 Å². The SMILES string of the molecule is C=CC.C=Cc1nc(NC)cc(/C(N)=C/N(N)c2ccc(C(=O)NCCN(CC)CC)cc2)c1C=C.CC. The van der Waals surface area contributed by atoms with Crippen LogP contribution in [0.15, 0.2) is 62.3 Å². The average Bonchev–Trinajstić information content (AvgIpc) is 2.95. The minimum absolute atomic E-state index is 0.115. The quantitative estimate of drug-likeness (QED) is 0.169. The molecule has 0 unspecified atom stereocenters. The zero-order valence-electron chi connectivity index (χ0n) is 24.1. The predicted octanol–water partition coefficient (Wildman–Crippen LogP) is 5.34. The zero-order valence-corrected chi connectivity index (χ0v) is 24.1. The monoisotopic (exact) mass is 521 g/mol. The van der Waals surface area contributed by atoms with Crippen LogP contribution in [0.2, 0.25) is 0 Å². The van der Waals surface area contributed by atoms with Gasteiger partial charge in [0.2, 0.25) is 0 Å². The number of carbonyl (C=O) groups is 1. The highest BCUT2D eigenvalue weighted by atomic mass is 16.1. The lowest BCUT2D eigenvalue weighted by Crippen LogP contribution is -2.34. The van der Waals surface area contributed by atoms with Gasteiger partial charge in [-0.15, -0.1) is 6.58 Å². The Morgan fingerprint density at radius 2 is 1.66 bits per heavy atom. The molecule has 8 heteroatoms. The van der Waals surface area contributed by atoms with E-state index in [4.69, 9.17) is 11.6 Å². The number of hydrazine groups is 1. The largest absolute Gasteiger partial charge is 0.397 e. The lowest BCUT2D eigenvalue weighted by atomic mass is 10.0. The maximum atomic E-state index is 12.4. The molecule has 0 aliphatic carbocycles. The molecule has 0 radical (unpaired) electrons. The van der Waals surface area contributed by atoms with E-state index < -0.39 is 0 Å². The van der Waals surface area contributed by atoms with Gasteiger partial charge in [-0.05, 0) is 56.4 Å². The van der Waals surface area contributed by atoms with E-state index in [-0.39, 0.29) is 5.91 Å². The van der Waals surface area contributed by atoms with Crippen molar-refractivity contribution in [1.29, 1.82) is 0 Å². The van der Waals surface area contributed by atoms with Crippen LogP contribution in [0.5, 0.6) is 0 Å². The van der Waals surface area contributed by atoms with E-state index in [1.165, 1.54) is 5.01 Å². The van der Waals surface area contributed by atoms with Crippen molar-refractivity contribution in [2.45, 2.75) is 34.6 Å². The first-order valence-electron chi connectivity index (χ1n) is 13.0. The van der Waals surface area contributed by atoms with Crippen molar-refractivity contribution >= 4 is 35.3 Å². The van der Waals surface area contributed by atoms with Gasteiger partial charge in [-0.1, -0.05) is 53.0 Å². The van der Waals surface area contributed by atoms with Gasteiger partial charge < -0.3 is 21.3 Å². The smallest absolute Gasteiger partial charge is 0.251 e. The molecule has 0 aliphatic heterocycles. The standard InChI is InChI=1S/C25H35N7O.C3H6.C2H6/c1-6-20-21(16-24(28-5)30-23(20)7-2)22(26)17-32(27)19-12-10-18(11-13-19)25(33)29-14-15-31(8-3)9-4;1-3-2;1-2/h6-7,10-13,16-17H,1-2,8-9,14-15,26-27H2,3-5H3,(H,28,30)(H,29,33);3H,1H2,2H3;1-2H3/b22-17-;;. The topological polar surface area (TPSA) is 113 Å². The van der Waals surface area contributed by atoms with Crippen molar-refractivity contribution < 1.29 is 4.79 Å². The molecule has 0 aliphatic rings. The Kier molecular flexibility index (Phi) is 17.3. The number of anilines is 2. The maximum Gasteiger partial charge on any atom is 0.251 e. The van der Waals surface area contributed by atoms with E-state index in [0.717, 1.165) is 30.8 Å². The fourth-order valence-corrected chi connectivity index (χ4v) is 3.36. The molecule has 0 saturated carbocycles. The van der Waals surface area contributed by atoms with E-state index in [1.54, 1.807) is 55.7 Å². The molecule has 2 rings (SSSR count). The summed E-state index contributed by atoms with van der Waals surface area (Å²) in [4.78, 5) is 19.1. The summed E-state index contributed by atoms with van der Waals surface area (Å²) in [6, 6.07) is 8.86. The van der Waals surface area contributed by atoms with Gasteiger partial charge in [-0.3, -0.25) is 9.80 Å². The second kappa shape index (κ2) is 19.3. The van der Waals surface area contributed by atoms with Crippen molar-refractivity contribution in [3.63, 3.8) is 0 Å². The summed E-state index contributed by atoms with van der Waals surface area (Å²) >= 11 is 0. The normalized spacial score (nSPS) is 10.3. The summed E-state index contributed by atoms with van der Waals surface area (Å²) in [6.07, 6.45) is 6.71. The van der Waals surface area contributed by atoms with Crippen molar-refractivity contribution in [2.75, 3.05) is 43.6 Å². The van der Waals surface area contributed by atoms with Crippen LogP contribution in [0.25, 0.3) is 17.8 Å². The molecule has 1 aromatic heterocycles. The van der Waals surface area contributed by atoms with Gasteiger partial charge >= 0.3 is 0 Å². The number of nitrogens with zero attached hydrogens (tertiary/aromatic N) is 3. The first-order valence-corrected chi connectivity index (χ1v) is 13.0. The number of carbonyl (C=O) groups excluding carboxylic acids is 1. The molecule has 8 nitrogen and oxygen atoms in total. The Bertz CT molecular complexity index is 1040. The lowest BCUT2D eigenvalue weighted by molar-refractivity contribution is 0.0949. The van der Waals surface area contributed by atoms with Crippen LogP contribution < -0.4 is 27.2 Å². The van der Waals surface area contributed by atoms with Gasteiger partial charge in [0, 0.05) is 43.0 Å². The third kappa shape index (κ3) is 10.6. The predicted molar refractivity (Wildman–Crippen MR) is 167 cm³/mol. The van der Waals surface area contributed by atoms with Crippen molar-refractivity contribution in [1.82, 2.24) is 15.2 Å². The second-order valence-electron chi connectivity index (χ2n) is 7.74. The van der Waals surface area contributed by atoms with E-state index in [2.05, 4.69) is 54.1 Å². The number of amides is 1. The van der Waals surface area contributed by atoms with Crippen molar-refractivity contribution in [3.05, 3.63) is 84.7 Å². The summed E-state index contributed by atoms with van der Waals surface area (Å²) in [6.45, 7) is 24.5. The number of hydrogen-bond acceptors (Lipinski definition) is 7. The molecule has 0 bridgehead atoms. The highest BCUT2D eigenvalue weighted by molar-refractivity contribution is 5.94. The van der Waals surface area contributed by atoms with E-state index in [0.29, 0.717) is 35.0 Å². The molecule has 208 valence electrons. The fraction of sp³-hybridized carbons (Fsp3) is 0.333. The van der Waals surface area contributed by atoms with Crippen LogP contribution in [0.3, 0.4) is 0 Å². The van der Waals surface area contributed by atoms with Gasteiger partial charge in [-0.25, -0.2) is 10.8 Å². The molecule has 0 spiro atoms.